The maximum Gasteiger partial charge on any atom is 0.409 e. The summed E-state index contributed by atoms with van der Waals surface area (Å²) < 4.78 is 5.02. The Labute approximate surface area is 125 Å². The Bertz CT molecular complexity index is 470. The molecule has 1 saturated heterocycles. The number of hydrogen-bond acceptors (Lipinski definition) is 5. The number of nitrogens with one attached hydrogen (secondary N) is 1. The molecule has 1 aromatic rings. The second-order valence-electron chi connectivity index (χ2n) is 5.59. The summed E-state index contributed by atoms with van der Waals surface area (Å²) in [5.74, 6) is 1.25. The SMILES string of the molecule is CCOC(=O)N1CCC(Nc2cc(C(C)C)ncn2)CC1. The van der Waals surface area contributed by atoms with Gasteiger partial charge in [0.15, 0.2) is 0 Å². The molecule has 21 heavy (non-hydrogen) atoms. The molecule has 2 heterocycles. The smallest absolute Gasteiger partial charge is 0.409 e. The van der Waals surface area contributed by atoms with E-state index in [9.17, 15) is 4.79 Å². The van der Waals surface area contributed by atoms with Gasteiger partial charge in [0, 0.05) is 30.9 Å². The minimum Gasteiger partial charge on any atom is -0.450 e. The molecule has 0 atom stereocenters. The number of nitrogens with zero attached hydrogens (tertiary/aromatic N) is 3. The van der Waals surface area contributed by atoms with Crippen molar-refractivity contribution in [3.8, 4) is 0 Å². The van der Waals surface area contributed by atoms with Gasteiger partial charge in [-0.05, 0) is 25.7 Å². The van der Waals surface area contributed by atoms with Crippen LogP contribution in [0.4, 0.5) is 10.6 Å². The van der Waals surface area contributed by atoms with Crippen LogP contribution in [0.15, 0.2) is 12.4 Å². The van der Waals surface area contributed by atoms with Crippen LogP contribution in [-0.4, -0.2) is 46.7 Å². The van der Waals surface area contributed by atoms with Gasteiger partial charge in [-0.2, -0.15) is 0 Å². The minimum absolute atomic E-state index is 0.208. The molecule has 0 unspecified atom stereocenters. The molecule has 0 radical (unpaired) electrons. The molecule has 1 aliphatic heterocycles. The number of rotatable bonds is 4. The summed E-state index contributed by atoms with van der Waals surface area (Å²) in [4.78, 5) is 21.9. The molecule has 0 aliphatic carbocycles. The molecule has 2 rings (SSSR count). The summed E-state index contributed by atoms with van der Waals surface area (Å²) in [6.45, 7) is 7.93. The first-order chi connectivity index (χ1) is 10.1. The third kappa shape index (κ3) is 4.31. The van der Waals surface area contributed by atoms with Gasteiger partial charge in [0.25, 0.3) is 0 Å². The number of aromatic nitrogens is 2. The molecule has 0 aromatic carbocycles. The van der Waals surface area contributed by atoms with Crippen molar-refractivity contribution < 1.29 is 9.53 Å². The lowest BCUT2D eigenvalue weighted by molar-refractivity contribution is 0.0983. The van der Waals surface area contributed by atoms with Crippen LogP contribution in [0.5, 0.6) is 0 Å². The predicted octanol–water partition coefficient (Wildman–Crippen LogP) is 2.63. The van der Waals surface area contributed by atoms with E-state index in [4.69, 9.17) is 4.74 Å². The Kier molecular flexibility index (Phi) is 5.36. The third-order valence-corrected chi connectivity index (χ3v) is 3.65. The van der Waals surface area contributed by atoms with Gasteiger partial charge in [-0.1, -0.05) is 13.8 Å². The second kappa shape index (κ2) is 7.24. The van der Waals surface area contributed by atoms with Crippen molar-refractivity contribution in [2.24, 2.45) is 0 Å². The molecule has 6 nitrogen and oxygen atoms in total. The van der Waals surface area contributed by atoms with E-state index in [0.717, 1.165) is 37.4 Å². The fraction of sp³-hybridized carbons (Fsp3) is 0.667. The van der Waals surface area contributed by atoms with Crippen LogP contribution in [0, 0.1) is 0 Å². The predicted molar refractivity (Wildman–Crippen MR) is 81.4 cm³/mol. The van der Waals surface area contributed by atoms with Crippen molar-refractivity contribution in [2.75, 3.05) is 25.0 Å². The Morgan fingerprint density at radius 1 is 1.43 bits per heavy atom. The van der Waals surface area contributed by atoms with Gasteiger partial charge in [0.05, 0.1) is 6.61 Å². The van der Waals surface area contributed by atoms with Crippen molar-refractivity contribution >= 4 is 11.9 Å². The van der Waals surface area contributed by atoms with Gasteiger partial charge in [0.1, 0.15) is 12.1 Å². The van der Waals surface area contributed by atoms with Crippen molar-refractivity contribution in [3.05, 3.63) is 18.1 Å². The summed E-state index contributed by atoms with van der Waals surface area (Å²) in [6, 6.07) is 2.34. The lowest BCUT2D eigenvalue weighted by atomic mass is 10.1. The number of ether oxygens (including phenoxy) is 1. The summed E-state index contributed by atoms with van der Waals surface area (Å²) in [6.07, 6.45) is 3.20. The topological polar surface area (TPSA) is 67.3 Å². The van der Waals surface area contributed by atoms with Crippen molar-refractivity contribution in [2.45, 2.75) is 45.6 Å². The zero-order chi connectivity index (χ0) is 15.2. The molecular formula is C15H24N4O2. The molecule has 1 N–H and O–H groups in total. The highest BCUT2D eigenvalue weighted by Crippen LogP contribution is 2.18. The average Bonchev–Trinajstić information content (AvgIpc) is 2.48. The zero-order valence-corrected chi connectivity index (χ0v) is 13.0. The number of piperidine rings is 1. The van der Waals surface area contributed by atoms with Crippen molar-refractivity contribution in [1.82, 2.24) is 14.9 Å². The first-order valence-electron chi connectivity index (χ1n) is 7.60. The first kappa shape index (κ1) is 15.5. The number of likely N-dealkylation sites (tertiary alicyclic amines) is 1. The van der Waals surface area contributed by atoms with Gasteiger partial charge in [-0.25, -0.2) is 14.8 Å². The van der Waals surface area contributed by atoms with Crippen LogP contribution >= 0.6 is 0 Å². The maximum absolute atomic E-state index is 11.6. The van der Waals surface area contributed by atoms with E-state index in [2.05, 4.69) is 29.1 Å². The molecule has 0 saturated carbocycles. The van der Waals surface area contributed by atoms with Crippen LogP contribution in [0.2, 0.25) is 0 Å². The molecule has 116 valence electrons. The fourth-order valence-corrected chi connectivity index (χ4v) is 2.40. The van der Waals surface area contributed by atoms with Gasteiger partial charge in [-0.3, -0.25) is 0 Å². The molecule has 1 aromatic heterocycles. The average molecular weight is 292 g/mol. The Balaban J connectivity index is 1.86. The van der Waals surface area contributed by atoms with Crippen LogP contribution in [0.25, 0.3) is 0 Å². The van der Waals surface area contributed by atoms with E-state index in [-0.39, 0.29) is 6.09 Å². The zero-order valence-electron chi connectivity index (χ0n) is 13.0. The van der Waals surface area contributed by atoms with E-state index in [1.807, 2.05) is 13.0 Å². The van der Waals surface area contributed by atoms with E-state index >= 15 is 0 Å². The van der Waals surface area contributed by atoms with Gasteiger partial charge < -0.3 is 15.0 Å². The quantitative estimate of drug-likeness (QED) is 0.924. The number of amides is 1. The number of hydrogen-bond donors (Lipinski definition) is 1. The highest BCUT2D eigenvalue weighted by Gasteiger charge is 2.23. The lowest BCUT2D eigenvalue weighted by Crippen LogP contribution is -2.42. The molecule has 0 spiro atoms. The van der Waals surface area contributed by atoms with E-state index in [0.29, 0.717) is 18.6 Å². The standard InChI is InChI=1S/C15H24N4O2/c1-4-21-15(20)19-7-5-12(6-8-19)18-14-9-13(11(2)3)16-10-17-14/h9-12H,4-8H2,1-3H3,(H,16,17,18). The number of anilines is 1. The third-order valence-electron chi connectivity index (χ3n) is 3.65. The van der Waals surface area contributed by atoms with Crippen molar-refractivity contribution in [3.63, 3.8) is 0 Å². The number of carbonyl (C=O) groups is 1. The maximum atomic E-state index is 11.6. The second-order valence-corrected chi connectivity index (χ2v) is 5.59. The monoisotopic (exact) mass is 292 g/mol. The molecule has 0 bridgehead atoms. The normalized spacial score (nSPS) is 16.1. The van der Waals surface area contributed by atoms with Crippen LogP contribution in [-0.2, 0) is 4.74 Å². The molecule has 1 fully saturated rings. The Morgan fingerprint density at radius 2 is 2.14 bits per heavy atom. The lowest BCUT2D eigenvalue weighted by Gasteiger charge is -2.31. The largest absolute Gasteiger partial charge is 0.450 e. The van der Waals surface area contributed by atoms with Crippen LogP contribution in [0.3, 0.4) is 0 Å². The van der Waals surface area contributed by atoms with Gasteiger partial charge in [-0.15, -0.1) is 0 Å². The summed E-state index contributed by atoms with van der Waals surface area (Å²) in [5.41, 5.74) is 1.04. The summed E-state index contributed by atoms with van der Waals surface area (Å²) in [7, 11) is 0. The molecular weight excluding hydrogens is 268 g/mol. The highest BCUT2D eigenvalue weighted by molar-refractivity contribution is 5.67. The summed E-state index contributed by atoms with van der Waals surface area (Å²) in [5, 5.41) is 3.44. The highest BCUT2D eigenvalue weighted by atomic mass is 16.6. The summed E-state index contributed by atoms with van der Waals surface area (Å²) >= 11 is 0. The minimum atomic E-state index is -0.208. The molecule has 1 amide bonds. The van der Waals surface area contributed by atoms with Crippen molar-refractivity contribution in [1.29, 1.82) is 0 Å². The van der Waals surface area contributed by atoms with E-state index < -0.39 is 0 Å². The Hall–Kier alpha value is -1.85. The van der Waals surface area contributed by atoms with E-state index in [1.165, 1.54) is 0 Å². The molecule has 1 aliphatic rings. The van der Waals surface area contributed by atoms with Gasteiger partial charge in [0.2, 0.25) is 0 Å². The van der Waals surface area contributed by atoms with E-state index in [1.54, 1.807) is 11.2 Å². The number of carbonyl (C=O) groups excluding carboxylic acids is 1. The first-order valence-corrected chi connectivity index (χ1v) is 7.60. The Morgan fingerprint density at radius 3 is 2.76 bits per heavy atom. The van der Waals surface area contributed by atoms with Gasteiger partial charge >= 0.3 is 6.09 Å². The van der Waals surface area contributed by atoms with Crippen LogP contribution < -0.4 is 5.32 Å². The van der Waals surface area contributed by atoms with Crippen LogP contribution in [0.1, 0.15) is 45.2 Å². The molecule has 6 heteroatoms. The fourth-order valence-electron chi connectivity index (χ4n) is 2.40.